The van der Waals surface area contributed by atoms with Gasteiger partial charge in [-0.15, -0.1) is 0 Å². The summed E-state index contributed by atoms with van der Waals surface area (Å²) in [4.78, 5) is 23.0. The van der Waals surface area contributed by atoms with Gasteiger partial charge in [0.1, 0.15) is 0 Å². The number of hydrogen-bond acceptors (Lipinski definition) is 3. The molecular formula is C16H31N3O2. The molecule has 0 spiro atoms. The topological polar surface area (TPSA) is 84.2 Å². The van der Waals surface area contributed by atoms with E-state index in [9.17, 15) is 9.59 Å². The van der Waals surface area contributed by atoms with Crippen molar-refractivity contribution in [2.75, 3.05) is 6.54 Å². The minimum absolute atomic E-state index is 0.0315. The summed E-state index contributed by atoms with van der Waals surface area (Å²) in [5.41, 5.74) is 5.17. The molecule has 0 rings (SSSR count). The van der Waals surface area contributed by atoms with Gasteiger partial charge in [0.25, 0.3) is 0 Å². The van der Waals surface area contributed by atoms with E-state index in [1.165, 1.54) is 6.42 Å². The smallest absolute Gasteiger partial charge is 0.237 e. The first-order chi connectivity index (χ1) is 9.97. The lowest BCUT2D eigenvalue weighted by atomic mass is 10.1. The Hall–Kier alpha value is -1.36. The molecule has 0 heterocycles. The zero-order valence-electron chi connectivity index (χ0n) is 13.7. The van der Waals surface area contributed by atoms with Crippen LogP contribution in [0.1, 0.15) is 59.3 Å². The summed E-state index contributed by atoms with van der Waals surface area (Å²) in [6, 6.07) is -0.407. The summed E-state index contributed by atoms with van der Waals surface area (Å²) in [5, 5.41) is 5.92. The van der Waals surface area contributed by atoms with Gasteiger partial charge >= 0.3 is 0 Å². The summed E-state index contributed by atoms with van der Waals surface area (Å²) >= 11 is 0. The molecular weight excluding hydrogens is 266 g/mol. The van der Waals surface area contributed by atoms with Crippen LogP contribution in [-0.4, -0.2) is 30.4 Å². The third kappa shape index (κ3) is 12.1. The number of hydrogen-bond donors (Lipinski definition) is 3. The molecule has 1 unspecified atom stereocenters. The standard InChI is InChI=1S/C16H31N3O2/c1-4-5-6-7-8-9-10-11-18-16(21)14(12-15(17)20)19-13(2)3/h6-7,13-14,19H,4-5,8-12H2,1-3H3,(H2,17,20)(H,18,21). The maximum absolute atomic E-state index is 12.0. The van der Waals surface area contributed by atoms with Crippen molar-refractivity contribution in [3.05, 3.63) is 12.2 Å². The maximum atomic E-state index is 12.0. The molecule has 21 heavy (non-hydrogen) atoms. The summed E-state index contributed by atoms with van der Waals surface area (Å²) < 4.78 is 0. The zero-order valence-corrected chi connectivity index (χ0v) is 13.7. The minimum atomic E-state index is -0.535. The number of amides is 2. The third-order valence-corrected chi connectivity index (χ3v) is 2.98. The van der Waals surface area contributed by atoms with Gasteiger partial charge in [0.15, 0.2) is 0 Å². The number of allylic oxidation sites excluding steroid dienone is 2. The molecule has 0 aliphatic carbocycles. The van der Waals surface area contributed by atoms with E-state index >= 15 is 0 Å². The Morgan fingerprint density at radius 2 is 1.81 bits per heavy atom. The van der Waals surface area contributed by atoms with Crippen LogP contribution >= 0.6 is 0 Å². The SMILES string of the molecule is CCCC=CCCCCNC(=O)C(CC(N)=O)NC(C)C. The number of primary amides is 1. The van der Waals surface area contributed by atoms with Crippen LogP contribution in [0.15, 0.2) is 12.2 Å². The van der Waals surface area contributed by atoms with E-state index < -0.39 is 11.9 Å². The van der Waals surface area contributed by atoms with Crippen molar-refractivity contribution in [3.8, 4) is 0 Å². The minimum Gasteiger partial charge on any atom is -0.370 e. The number of nitrogens with two attached hydrogens (primary N) is 1. The molecule has 0 saturated carbocycles. The first kappa shape index (κ1) is 19.6. The lowest BCUT2D eigenvalue weighted by Gasteiger charge is -2.19. The molecule has 2 amide bonds. The Kier molecular flexibility index (Phi) is 11.6. The van der Waals surface area contributed by atoms with Crippen molar-refractivity contribution in [1.29, 1.82) is 0 Å². The summed E-state index contributed by atoms with van der Waals surface area (Å²) in [7, 11) is 0. The number of carbonyl (C=O) groups excluding carboxylic acids is 2. The Bertz CT molecular complexity index is 327. The zero-order chi connectivity index (χ0) is 16.1. The van der Waals surface area contributed by atoms with Gasteiger partial charge in [-0.3, -0.25) is 9.59 Å². The largest absolute Gasteiger partial charge is 0.370 e. The van der Waals surface area contributed by atoms with Crippen molar-refractivity contribution in [3.63, 3.8) is 0 Å². The van der Waals surface area contributed by atoms with Gasteiger partial charge in [-0.25, -0.2) is 0 Å². The van der Waals surface area contributed by atoms with Crippen LogP contribution in [0.2, 0.25) is 0 Å². The van der Waals surface area contributed by atoms with Gasteiger partial charge < -0.3 is 16.4 Å². The number of unbranched alkanes of at least 4 members (excludes halogenated alkanes) is 3. The molecule has 4 N–H and O–H groups in total. The fourth-order valence-electron chi connectivity index (χ4n) is 1.96. The van der Waals surface area contributed by atoms with Crippen LogP contribution in [0.3, 0.4) is 0 Å². The van der Waals surface area contributed by atoms with Crippen molar-refractivity contribution in [1.82, 2.24) is 10.6 Å². The van der Waals surface area contributed by atoms with E-state index in [0.717, 1.165) is 25.7 Å². The Morgan fingerprint density at radius 1 is 1.14 bits per heavy atom. The van der Waals surface area contributed by atoms with E-state index in [1.807, 2.05) is 13.8 Å². The molecule has 0 fully saturated rings. The molecule has 122 valence electrons. The van der Waals surface area contributed by atoms with E-state index in [1.54, 1.807) is 0 Å². The number of nitrogens with one attached hydrogen (secondary N) is 2. The second kappa shape index (κ2) is 12.4. The lowest BCUT2D eigenvalue weighted by molar-refractivity contribution is -0.127. The third-order valence-electron chi connectivity index (χ3n) is 2.98. The first-order valence-corrected chi connectivity index (χ1v) is 7.94. The van der Waals surface area contributed by atoms with E-state index in [-0.39, 0.29) is 18.4 Å². The highest BCUT2D eigenvalue weighted by Crippen LogP contribution is 1.99. The van der Waals surface area contributed by atoms with Crippen LogP contribution in [-0.2, 0) is 9.59 Å². The molecule has 0 bridgehead atoms. The Balaban J connectivity index is 3.89. The molecule has 0 aromatic rings. The summed E-state index contributed by atoms with van der Waals surface area (Å²) in [5.74, 6) is -0.617. The molecule has 5 nitrogen and oxygen atoms in total. The van der Waals surface area contributed by atoms with Crippen LogP contribution < -0.4 is 16.4 Å². The van der Waals surface area contributed by atoms with E-state index in [2.05, 4.69) is 29.7 Å². The van der Waals surface area contributed by atoms with E-state index in [4.69, 9.17) is 5.73 Å². The second-order valence-corrected chi connectivity index (χ2v) is 5.59. The number of rotatable bonds is 12. The molecule has 0 saturated heterocycles. The molecule has 0 aromatic carbocycles. The van der Waals surface area contributed by atoms with Gasteiger partial charge in [-0.1, -0.05) is 39.3 Å². The van der Waals surface area contributed by atoms with Crippen LogP contribution in [0.5, 0.6) is 0 Å². The van der Waals surface area contributed by atoms with Gasteiger partial charge in [0, 0.05) is 12.6 Å². The lowest BCUT2D eigenvalue weighted by Crippen LogP contribution is -2.48. The molecule has 1 atom stereocenters. The summed E-state index contributed by atoms with van der Waals surface area (Å²) in [6.07, 6.45) is 9.78. The predicted octanol–water partition coefficient (Wildman–Crippen LogP) is 1.87. The normalized spacial score (nSPS) is 12.8. The molecule has 0 aromatic heterocycles. The van der Waals surface area contributed by atoms with Gasteiger partial charge in [0.05, 0.1) is 12.5 Å². The molecule has 0 aliphatic heterocycles. The monoisotopic (exact) mass is 297 g/mol. The predicted molar refractivity (Wildman–Crippen MR) is 86.8 cm³/mol. The van der Waals surface area contributed by atoms with Gasteiger partial charge in [0.2, 0.25) is 11.8 Å². The van der Waals surface area contributed by atoms with Crippen LogP contribution in [0.25, 0.3) is 0 Å². The maximum Gasteiger partial charge on any atom is 0.237 e. The quantitative estimate of drug-likeness (QED) is 0.380. The van der Waals surface area contributed by atoms with Gasteiger partial charge in [-0.2, -0.15) is 0 Å². The van der Waals surface area contributed by atoms with Gasteiger partial charge in [-0.05, 0) is 25.7 Å². The Labute approximate surface area is 128 Å². The fraction of sp³-hybridized carbons (Fsp3) is 0.750. The highest BCUT2D eigenvalue weighted by molar-refractivity contribution is 5.87. The van der Waals surface area contributed by atoms with Crippen LogP contribution in [0, 0.1) is 0 Å². The highest BCUT2D eigenvalue weighted by atomic mass is 16.2. The van der Waals surface area contributed by atoms with Crippen molar-refractivity contribution in [2.45, 2.75) is 71.4 Å². The summed E-state index contributed by atoms with van der Waals surface area (Å²) in [6.45, 7) is 6.66. The first-order valence-electron chi connectivity index (χ1n) is 7.94. The van der Waals surface area contributed by atoms with Crippen LogP contribution in [0.4, 0.5) is 0 Å². The molecule has 0 radical (unpaired) electrons. The number of carbonyl (C=O) groups is 2. The van der Waals surface area contributed by atoms with Crippen molar-refractivity contribution >= 4 is 11.8 Å². The average molecular weight is 297 g/mol. The van der Waals surface area contributed by atoms with Crippen molar-refractivity contribution in [2.24, 2.45) is 5.73 Å². The second-order valence-electron chi connectivity index (χ2n) is 5.59. The molecule has 0 aliphatic rings. The highest BCUT2D eigenvalue weighted by Gasteiger charge is 2.20. The average Bonchev–Trinajstić information content (AvgIpc) is 2.39. The Morgan fingerprint density at radius 3 is 2.38 bits per heavy atom. The van der Waals surface area contributed by atoms with E-state index in [0.29, 0.717) is 6.54 Å². The molecule has 5 heteroatoms. The fourth-order valence-corrected chi connectivity index (χ4v) is 1.96. The van der Waals surface area contributed by atoms with Crippen molar-refractivity contribution < 1.29 is 9.59 Å².